The van der Waals surface area contributed by atoms with E-state index in [4.69, 9.17) is 0 Å². The number of aromatic nitrogens is 2. The average molecular weight is 384 g/mol. The third kappa shape index (κ3) is 3.48. The summed E-state index contributed by atoms with van der Waals surface area (Å²) in [6, 6.07) is 10.0. The molecule has 26 heavy (non-hydrogen) atoms. The van der Waals surface area contributed by atoms with Crippen LogP contribution in [0.2, 0.25) is 0 Å². The van der Waals surface area contributed by atoms with E-state index in [-0.39, 0.29) is 11.9 Å². The number of nitrogens with zero attached hydrogens (tertiary/aromatic N) is 2. The van der Waals surface area contributed by atoms with Crippen molar-refractivity contribution in [3.05, 3.63) is 52.2 Å². The second-order valence-corrected chi connectivity index (χ2v) is 8.65. The van der Waals surface area contributed by atoms with Crippen LogP contribution in [0.5, 0.6) is 0 Å². The molecule has 1 atom stereocenters. The van der Waals surface area contributed by atoms with Crippen LogP contribution in [0, 0.1) is 6.92 Å². The van der Waals surface area contributed by atoms with E-state index in [1.807, 2.05) is 44.2 Å². The molecule has 0 spiro atoms. The SMILES string of the molecule is Cc1nc(SCC(=O)N[C@@H](C)c2ccccc2)c2c3c(sc2n1)CCC3. The van der Waals surface area contributed by atoms with Gasteiger partial charge in [-0.1, -0.05) is 42.1 Å². The van der Waals surface area contributed by atoms with Gasteiger partial charge in [-0.25, -0.2) is 9.97 Å². The second kappa shape index (κ2) is 7.37. The minimum absolute atomic E-state index is 0.00171. The molecule has 3 aromatic rings. The Kier molecular flexibility index (Phi) is 4.96. The number of thiophene rings is 1. The van der Waals surface area contributed by atoms with E-state index in [9.17, 15) is 4.79 Å². The van der Waals surface area contributed by atoms with Crippen LogP contribution in [-0.4, -0.2) is 21.6 Å². The van der Waals surface area contributed by atoms with Crippen LogP contribution in [-0.2, 0) is 17.6 Å². The van der Waals surface area contributed by atoms with Gasteiger partial charge in [0, 0.05) is 10.3 Å². The van der Waals surface area contributed by atoms with Crippen LogP contribution in [0.4, 0.5) is 0 Å². The molecule has 0 saturated carbocycles. The largest absolute Gasteiger partial charge is 0.349 e. The number of fused-ring (bicyclic) bond motifs is 3. The summed E-state index contributed by atoms with van der Waals surface area (Å²) in [7, 11) is 0. The molecule has 1 amide bonds. The number of amides is 1. The van der Waals surface area contributed by atoms with Crippen molar-refractivity contribution in [2.75, 3.05) is 5.75 Å². The van der Waals surface area contributed by atoms with E-state index in [2.05, 4.69) is 15.3 Å². The lowest BCUT2D eigenvalue weighted by Gasteiger charge is -2.14. The maximum atomic E-state index is 12.4. The van der Waals surface area contributed by atoms with Crippen LogP contribution in [0.15, 0.2) is 35.4 Å². The first-order chi connectivity index (χ1) is 12.6. The molecule has 1 N–H and O–H groups in total. The Morgan fingerprint density at radius 3 is 2.88 bits per heavy atom. The fourth-order valence-corrected chi connectivity index (χ4v) is 5.69. The highest BCUT2D eigenvalue weighted by atomic mass is 32.2. The Balaban J connectivity index is 1.48. The molecule has 0 fully saturated rings. The topological polar surface area (TPSA) is 54.9 Å². The highest BCUT2D eigenvalue weighted by Gasteiger charge is 2.22. The van der Waals surface area contributed by atoms with Gasteiger partial charge in [-0.15, -0.1) is 11.3 Å². The van der Waals surface area contributed by atoms with E-state index >= 15 is 0 Å². The smallest absolute Gasteiger partial charge is 0.230 e. The molecular weight excluding hydrogens is 362 g/mol. The van der Waals surface area contributed by atoms with E-state index in [0.717, 1.165) is 34.1 Å². The Labute approximate surface area is 161 Å². The maximum Gasteiger partial charge on any atom is 0.230 e. The fraction of sp³-hybridized carbons (Fsp3) is 0.350. The number of carbonyl (C=O) groups is 1. The number of hydrogen-bond acceptors (Lipinski definition) is 5. The van der Waals surface area contributed by atoms with Gasteiger partial charge in [-0.3, -0.25) is 4.79 Å². The Morgan fingerprint density at radius 1 is 1.27 bits per heavy atom. The van der Waals surface area contributed by atoms with E-state index in [0.29, 0.717) is 5.75 Å². The zero-order valence-electron chi connectivity index (χ0n) is 14.9. The molecule has 0 radical (unpaired) electrons. The molecule has 1 aliphatic carbocycles. The van der Waals surface area contributed by atoms with Crippen LogP contribution in [0.25, 0.3) is 10.2 Å². The summed E-state index contributed by atoms with van der Waals surface area (Å²) in [5.41, 5.74) is 2.52. The summed E-state index contributed by atoms with van der Waals surface area (Å²) in [4.78, 5) is 24.2. The second-order valence-electron chi connectivity index (χ2n) is 6.60. The van der Waals surface area contributed by atoms with Crippen molar-refractivity contribution < 1.29 is 4.79 Å². The van der Waals surface area contributed by atoms with Gasteiger partial charge in [-0.2, -0.15) is 0 Å². The number of benzene rings is 1. The van der Waals surface area contributed by atoms with E-state index in [1.54, 1.807) is 11.3 Å². The molecule has 0 saturated heterocycles. The number of hydrogen-bond donors (Lipinski definition) is 1. The lowest BCUT2D eigenvalue weighted by atomic mass is 10.1. The minimum atomic E-state index is 0.00171. The summed E-state index contributed by atoms with van der Waals surface area (Å²) in [6.45, 7) is 3.93. The van der Waals surface area contributed by atoms with Crippen LogP contribution in [0.1, 0.15) is 41.2 Å². The Morgan fingerprint density at radius 2 is 2.08 bits per heavy atom. The number of aryl methyl sites for hydroxylation is 3. The van der Waals surface area contributed by atoms with Gasteiger partial charge in [0.15, 0.2) is 0 Å². The molecule has 4 nitrogen and oxygen atoms in total. The summed E-state index contributed by atoms with van der Waals surface area (Å²) < 4.78 is 0. The molecule has 2 aromatic heterocycles. The lowest BCUT2D eigenvalue weighted by molar-refractivity contribution is -0.119. The maximum absolute atomic E-state index is 12.4. The van der Waals surface area contributed by atoms with Crippen LogP contribution >= 0.6 is 23.1 Å². The molecule has 6 heteroatoms. The van der Waals surface area contributed by atoms with Gasteiger partial charge in [0.1, 0.15) is 15.7 Å². The van der Waals surface area contributed by atoms with Gasteiger partial charge in [0.25, 0.3) is 0 Å². The first-order valence-corrected chi connectivity index (χ1v) is 10.7. The standard InChI is InChI=1S/C20H21N3OS2/c1-12(14-7-4-3-5-8-14)21-17(24)11-25-19-18-15-9-6-10-16(15)26-20(18)23-13(2)22-19/h3-5,7-8,12H,6,9-11H2,1-2H3,(H,21,24)/t12-/m0/s1. The summed E-state index contributed by atoms with van der Waals surface area (Å²) in [5, 5.41) is 5.21. The number of carbonyl (C=O) groups excluding carboxylic acids is 1. The first kappa shape index (κ1) is 17.5. The monoisotopic (exact) mass is 383 g/mol. The van der Waals surface area contributed by atoms with Crippen molar-refractivity contribution in [2.24, 2.45) is 0 Å². The molecule has 0 aliphatic heterocycles. The highest BCUT2D eigenvalue weighted by Crippen LogP contribution is 2.40. The molecule has 1 aliphatic rings. The van der Waals surface area contributed by atoms with Crippen molar-refractivity contribution >= 4 is 39.2 Å². The molecule has 0 unspecified atom stereocenters. The summed E-state index contributed by atoms with van der Waals surface area (Å²) in [5.74, 6) is 1.17. The zero-order valence-corrected chi connectivity index (χ0v) is 16.5. The van der Waals surface area contributed by atoms with Crippen molar-refractivity contribution in [3.63, 3.8) is 0 Å². The predicted molar refractivity (Wildman–Crippen MR) is 108 cm³/mol. The van der Waals surface area contributed by atoms with Crippen molar-refractivity contribution in [1.82, 2.24) is 15.3 Å². The lowest BCUT2D eigenvalue weighted by Crippen LogP contribution is -2.28. The van der Waals surface area contributed by atoms with Crippen LogP contribution in [0.3, 0.4) is 0 Å². The zero-order chi connectivity index (χ0) is 18.1. The molecule has 1 aromatic carbocycles. The van der Waals surface area contributed by atoms with Gasteiger partial charge < -0.3 is 5.32 Å². The van der Waals surface area contributed by atoms with Gasteiger partial charge in [-0.05, 0) is 44.2 Å². The summed E-state index contributed by atoms with van der Waals surface area (Å²) >= 11 is 3.32. The average Bonchev–Trinajstić information content (AvgIpc) is 3.21. The minimum Gasteiger partial charge on any atom is -0.349 e. The predicted octanol–water partition coefficient (Wildman–Crippen LogP) is 4.46. The Bertz CT molecular complexity index is 953. The third-order valence-electron chi connectivity index (χ3n) is 4.66. The molecule has 2 heterocycles. The van der Waals surface area contributed by atoms with E-state index in [1.165, 1.54) is 34.0 Å². The number of nitrogens with one attached hydrogen (secondary N) is 1. The van der Waals surface area contributed by atoms with Crippen molar-refractivity contribution in [1.29, 1.82) is 0 Å². The number of thioether (sulfide) groups is 1. The summed E-state index contributed by atoms with van der Waals surface area (Å²) in [6.07, 6.45) is 3.46. The highest BCUT2D eigenvalue weighted by molar-refractivity contribution is 8.00. The quantitative estimate of drug-likeness (QED) is 0.522. The van der Waals surface area contributed by atoms with Gasteiger partial charge >= 0.3 is 0 Å². The first-order valence-electron chi connectivity index (χ1n) is 8.88. The van der Waals surface area contributed by atoms with Gasteiger partial charge in [0.05, 0.1) is 11.8 Å². The molecular formula is C20H21N3OS2. The van der Waals surface area contributed by atoms with E-state index < -0.39 is 0 Å². The normalized spacial score (nSPS) is 14.4. The number of rotatable bonds is 5. The molecule has 0 bridgehead atoms. The van der Waals surface area contributed by atoms with Crippen molar-refractivity contribution in [2.45, 2.75) is 44.2 Å². The molecule has 134 valence electrons. The van der Waals surface area contributed by atoms with Gasteiger partial charge in [0.2, 0.25) is 5.91 Å². The fourth-order valence-electron chi connectivity index (χ4n) is 3.41. The van der Waals surface area contributed by atoms with Crippen LogP contribution < -0.4 is 5.32 Å². The Hall–Kier alpha value is -1.92. The molecule has 4 rings (SSSR count). The third-order valence-corrected chi connectivity index (χ3v) is 6.82. The van der Waals surface area contributed by atoms with Crippen molar-refractivity contribution in [3.8, 4) is 0 Å².